The fourth-order valence-corrected chi connectivity index (χ4v) is 2.12. The van der Waals surface area contributed by atoms with Crippen molar-refractivity contribution >= 4 is 22.7 Å². The third kappa shape index (κ3) is 2.25. The molecule has 74 valence electrons. The van der Waals surface area contributed by atoms with Gasteiger partial charge in [-0.05, 0) is 6.07 Å². The van der Waals surface area contributed by atoms with Gasteiger partial charge in [0.1, 0.15) is 11.4 Å². The van der Waals surface area contributed by atoms with E-state index in [9.17, 15) is 0 Å². The van der Waals surface area contributed by atoms with Crippen LogP contribution in [0.2, 0.25) is 0 Å². The zero-order chi connectivity index (χ0) is 10.5. The van der Waals surface area contributed by atoms with E-state index in [0.717, 1.165) is 21.7 Å². The summed E-state index contributed by atoms with van der Waals surface area (Å²) < 4.78 is 0. The molecule has 2 aromatic rings. The predicted octanol–water partition coefficient (Wildman–Crippen LogP) is 2.64. The summed E-state index contributed by atoms with van der Waals surface area (Å²) in [6, 6.07) is 10.0. The van der Waals surface area contributed by atoms with Gasteiger partial charge in [-0.1, -0.05) is 18.2 Å². The highest BCUT2D eigenvalue weighted by molar-refractivity contribution is 7.99. The summed E-state index contributed by atoms with van der Waals surface area (Å²) >= 11 is 1.60. The first kappa shape index (κ1) is 9.94. The molecule has 15 heavy (non-hydrogen) atoms. The molecule has 0 saturated heterocycles. The molecule has 0 aliphatic heterocycles. The fourth-order valence-electron chi connectivity index (χ4n) is 1.29. The number of fused-ring (bicyclic) bond motifs is 1. The van der Waals surface area contributed by atoms with Crippen LogP contribution in [0.5, 0.6) is 0 Å². The van der Waals surface area contributed by atoms with E-state index in [0.29, 0.717) is 6.42 Å². The summed E-state index contributed by atoms with van der Waals surface area (Å²) in [6.07, 6.45) is 2.11. The first-order chi connectivity index (χ1) is 7.42. The van der Waals surface area contributed by atoms with Gasteiger partial charge in [-0.25, -0.2) is 9.97 Å². The second kappa shape index (κ2) is 4.76. The van der Waals surface area contributed by atoms with Gasteiger partial charge in [0.05, 0.1) is 11.6 Å². The first-order valence-corrected chi connectivity index (χ1v) is 5.60. The van der Waals surface area contributed by atoms with Crippen molar-refractivity contribution in [2.24, 2.45) is 0 Å². The minimum absolute atomic E-state index is 0.545. The van der Waals surface area contributed by atoms with Gasteiger partial charge in [-0.15, -0.1) is 11.8 Å². The first-order valence-electron chi connectivity index (χ1n) is 4.61. The van der Waals surface area contributed by atoms with E-state index in [1.54, 1.807) is 18.1 Å². The number of nitrogens with zero attached hydrogens (tertiary/aromatic N) is 3. The third-order valence-electron chi connectivity index (χ3n) is 1.96. The Bertz CT molecular complexity index is 499. The van der Waals surface area contributed by atoms with Crippen molar-refractivity contribution in [1.82, 2.24) is 9.97 Å². The number of rotatable bonds is 3. The molecule has 4 heteroatoms. The zero-order valence-corrected chi connectivity index (χ0v) is 8.87. The Morgan fingerprint density at radius 1 is 1.27 bits per heavy atom. The largest absolute Gasteiger partial charge is 0.236 e. The molecule has 0 spiro atoms. The van der Waals surface area contributed by atoms with Gasteiger partial charge in [-0.3, -0.25) is 0 Å². The minimum atomic E-state index is 0.545. The maximum Gasteiger partial charge on any atom is 0.117 e. The molecule has 1 heterocycles. The van der Waals surface area contributed by atoms with Crippen LogP contribution in [-0.2, 0) is 0 Å². The summed E-state index contributed by atoms with van der Waals surface area (Å²) in [5.74, 6) is 0.775. The maximum atomic E-state index is 8.46. The quantitative estimate of drug-likeness (QED) is 0.448. The molecule has 0 aliphatic carbocycles. The summed E-state index contributed by atoms with van der Waals surface area (Å²) in [7, 11) is 0. The molecule has 1 aromatic heterocycles. The normalized spacial score (nSPS) is 10.1. The Morgan fingerprint density at radius 2 is 2.13 bits per heavy atom. The molecular formula is C11H9N3S. The summed E-state index contributed by atoms with van der Waals surface area (Å²) in [5.41, 5.74) is 0.951. The van der Waals surface area contributed by atoms with E-state index in [1.165, 1.54) is 0 Å². The Kier molecular flexibility index (Phi) is 3.15. The topological polar surface area (TPSA) is 49.6 Å². The molecule has 0 radical (unpaired) electrons. The van der Waals surface area contributed by atoms with Crippen molar-refractivity contribution < 1.29 is 0 Å². The van der Waals surface area contributed by atoms with E-state index in [4.69, 9.17) is 5.26 Å². The number of thioether (sulfide) groups is 1. The second-order valence-electron chi connectivity index (χ2n) is 2.95. The average Bonchev–Trinajstić information content (AvgIpc) is 2.30. The van der Waals surface area contributed by atoms with Gasteiger partial charge >= 0.3 is 0 Å². The van der Waals surface area contributed by atoms with Crippen LogP contribution in [0.4, 0.5) is 0 Å². The summed E-state index contributed by atoms with van der Waals surface area (Å²) in [5, 5.41) is 10.5. The van der Waals surface area contributed by atoms with Crippen LogP contribution >= 0.6 is 11.8 Å². The van der Waals surface area contributed by atoms with Crippen molar-refractivity contribution in [2.45, 2.75) is 11.4 Å². The highest BCUT2D eigenvalue weighted by Gasteiger charge is 2.02. The third-order valence-corrected chi connectivity index (χ3v) is 2.97. The molecule has 3 nitrogen and oxygen atoms in total. The number of para-hydroxylation sites is 1. The number of benzene rings is 1. The van der Waals surface area contributed by atoms with Crippen LogP contribution in [0.1, 0.15) is 6.42 Å². The van der Waals surface area contributed by atoms with Crippen LogP contribution in [-0.4, -0.2) is 15.7 Å². The molecule has 0 aliphatic rings. The zero-order valence-electron chi connectivity index (χ0n) is 8.05. The van der Waals surface area contributed by atoms with E-state index < -0.39 is 0 Å². The van der Waals surface area contributed by atoms with Gasteiger partial charge in [0, 0.05) is 17.6 Å². The van der Waals surface area contributed by atoms with Crippen molar-refractivity contribution in [3.8, 4) is 6.07 Å². The van der Waals surface area contributed by atoms with Crippen LogP contribution in [0.15, 0.2) is 35.6 Å². The van der Waals surface area contributed by atoms with Crippen LogP contribution in [0.3, 0.4) is 0 Å². The predicted molar refractivity (Wildman–Crippen MR) is 60.5 cm³/mol. The Hall–Kier alpha value is -1.60. The molecule has 0 saturated carbocycles. The fraction of sp³-hybridized carbons (Fsp3) is 0.182. The van der Waals surface area contributed by atoms with E-state index in [2.05, 4.69) is 16.0 Å². The molecule has 2 rings (SSSR count). The van der Waals surface area contributed by atoms with Crippen LogP contribution < -0.4 is 0 Å². The number of nitriles is 1. The molecule has 0 unspecified atom stereocenters. The van der Waals surface area contributed by atoms with Crippen molar-refractivity contribution in [3.05, 3.63) is 30.6 Å². The SMILES string of the molecule is N#CCCSc1ncnc2ccccc12. The van der Waals surface area contributed by atoms with Crippen LogP contribution in [0.25, 0.3) is 10.9 Å². The van der Waals surface area contributed by atoms with E-state index >= 15 is 0 Å². The van der Waals surface area contributed by atoms with Gasteiger partial charge in [0.25, 0.3) is 0 Å². The number of hydrogen-bond acceptors (Lipinski definition) is 4. The van der Waals surface area contributed by atoms with Gasteiger partial charge in [0.15, 0.2) is 0 Å². The second-order valence-corrected chi connectivity index (χ2v) is 4.04. The lowest BCUT2D eigenvalue weighted by Gasteiger charge is -2.02. The summed E-state index contributed by atoms with van der Waals surface area (Å²) in [4.78, 5) is 8.40. The number of aromatic nitrogens is 2. The molecule has 0 N–H and O–H groups in total. The molecular weight excluding hydrogens is 206 g/mol. The standard InChI is InChI=1S/C11H9N3S/c12-6-3-7-15-11-9-4-1-2-5-10(9)13-8-14-11/h1-2,4-5,8H,3,7H2. The Morgan fingerprint density at radius 3 is 3.00 bits per heavy atom. The van der Waals surface area contributed by atoms with Gasteiger partial charge in [0.2, 0.25) is 0 Å². The average molecular weight is 215 g/mol. The molecule has 0 amide bonds. The van der Waals surface area contributed by atoms with Crippen molar-refractivity contribution in [1.29, 1.82) is 5.26 Å². The Labute approximate surface area is 92.2 Å². The van der Waals surface area contributed by atoms with Gasteiger partial charge in [-0.2, -0.15) is 5.26 Å². The molecule has 1 aromatic carbocycles. The lowest BCUT2D eigenvalue weighted by molar-refractivity contribution is 1.10. The van der Waals surface area contributed by atoms with Crippen molar-refractivity contribution in [3.63, 3.8) is 0 Å². The molecule has 0 bridgehead atoms. The highest BCUT2D eigenvalue weighted by Crippen LogP contribution is 2.24. The van der Waals surface area contributed by atoms with Gasteiger partial charge < -0.3 is 0 Å². The lowest BCUT2D eigenvalue weighted by atomic mass is 10.2. The summed E-state index contributed by atoms with van der Waals surface area (Å²) in [6.45, 7) is 0. The van der Waals surface area contributed by atoms with Crippen molar-refractivity contribution in [2.75, 3.05) is 5.75 Å². The van der Waals surface area contributed by atoms with E-state index in [1.807, 2.05) is 24.3 Å². The molecule has 0 atom stereocenters. The smallest absolute Gasteiger partial charge is 0.117 e. The lowest BCUT2D eigenvalue weighted by Crippen LogP contribution is -1.87. The monoisotopic (exact) mass is 215 g/mol. The Balaban J connectivity index is 2.31. The number of hydrogen-bond donors (Lipinski definition) is 0. The van der Waals surface area contributed by atoms with Crippen LogP contribution in [0, 0.1) is 11.3 Å². The minimum Gasteiger partial charge on any atom is -0.236 e. The molecule has 0 fully saturated rings. The highest BCUT2D eigenvalue weighted by atomic mass is 32.2. The van der Waals surface area contributed by atoms with E-state index in [-0.39, 0.29) is 0 Å². The maximum absolute atomic E-state index is 8.46.